The fourth-order valence-corrected chi connectivity index (χ4v) is 1.17. The number of aliphatic hydroxyl groups excluding tert-OH is 1. The fraction of sp³-hybridized carbons (Fsp3) is 0.444. The number of ether oxygens (including phenoxy) is 2. The molecule has 0 atom stereocenters. The highest BCUT2D eigenvalue weighted by molar-refractivity contribution is 5.40. The molecular formula is C9H8F5NO3. The number of halogens is 5. The van der Waals surface area contributed by atoms with Crippen molar-refractivity contribution in [1.29, 1.82) is 0 Å². The van der Waals surface area contributed by atoms with E-state index in [9.17, 15) is 22.0 Å². The van der Waals surface area contributed by atoms with Crippen LogP contribution in [0.3, 0.4) is 0 Å². The lowest BCUT2D eigenvalue weighted by molar-refractivity contribution is -0.276. The van der Waals surface area contributed by atoms with Gasteiger partial charge in [0.2, 0.25) is 0 Å². The van der Waals surface area contributed by atoms with Gasteiger partial charge in [0, 0.05) is 5.56 Å². The van der Waals surface area contributed by atoms with E-state index in [0.29, 0.717) is 6.07 Å². The monoisotopic (exact) mass is 273 g/mol. The molecule has 0 spiro atoms. The van der Waals surface area contributed by atoms with E-state index in [0.717, 1.165) is 7.11 Å². The number of rotatable bonds is 4. The Bertz CT molecular complexity index is 421. The van der Waals surface area contributed by atoms with Crippen molar-refractivity contribution in [2.45, 2.75) is 19.4 Å². The van der Waals surface area contributed by atoms with E-state index in [1.807, 2.05) is 0 Å². The van der Waals surface area contributed by atoms with Gasteiger partial charge in [0.1, 0.15) is 0 Å². The van der Waals surface area contributed by atoms with Crippen molar-refractivity contribution in [3.8, 4) is 11.6 Å². The molecule has 0 aliphatic heterocycles. The summed E-state index contributed by atoms with van der Waals surface area (Å²) >= 11 is 0. The molecule has 1 rings (SSSR count). The second-order valence-electron chi connectivity index (χ2n) is 3.04. The van der Waals surface area contributed by atoms with Crippen molar-refractivity contribution in [3.05, 3.63) is 17.3 Å². The Kier molecular flexibility index (Phi) is 4.28. The van der Waals surface area contributed by atoms with Gasteiger partial charge in [-0.2, -0.15) is 0 Å². The molecule has 1 aromatic heterocycles. The predicted molar refractivity (Wildman–Crippen MR) is 48.4 cm³/mol. The van der Waals surface area contributed by atoms with Gasteiger partial charge >= 0.3 is 6.36 Å². The zero-order chi connectivity index (χ0) is 13.9. The third-order valence-corrected chi connectivity index (χ3v) is 1.88. The van der Waals surface area contributed by atoms with Crippen LogP contribution in [-0.2, 0) is 6.61 Å². The topological polar surface area (TPSA) is 51.6 Å². The lowest BCUT2D eigenvalue weighted by Gasteiger charge is -2.14. The van der Waals surface area contributed by atoms with Crippen LogP contribution in [0.25, 0.3) is 0 Å². The fourth-order valence-electron chi connectivity index (χ4n) is 1.17. The Morgan fingerprint density at radius 3 is 2.39 bits per heavy atom. The Morgan fingerprint density at radius 2 is 2.00 bits per heavy atom. The molecule has 0 aliphatic rings. The van der Waals surface area contributed by atoms with E-state index < -0.39 is 42.3 Å². The van der Waals surface area contributed by atoms with Crippen LogP contribution in [0.15, 0.2) is 6.07 Å². The second kappa shape index (κ2) is 5.34. The van der Waals surface area contributed by atoms with Gasteiger partial charge in [-0.05, 0) is 6.07 Å². The summed E-state index contributed by atoms with van der Waals surface area (Å²) in [6.45, 7) is -0.947. The highest BCUT2D eigenvalue weighted by Gasteiger charge is 2.34. The number of pyridine rings is 1. The van der Waals surface area contributed by atoms with Crippen molar-refractivity contribution in [1.82, 2.24) is 4.98 Å². The van der Waals surface area contributed by atoms with Gasteiger partial charge in [-0.25, -0.2) is 13.8 Å². The molecule has 1 heterocycles. The van der Waals surface area contributed by atoms with Crippen LogP contribution < -0.4 is 9.47 Å². The van der Waals surface area contributed by atoms with Crippen LogP contribution in [0.2, 0.25) is 0 Å². The third kappa shape index (κ3) is 3.42. The van der Waals surface area contributed by atoms with Gasteiger partial charge in [0.25, 0.3) is 12.3 Å². The highest BCUT2D eigenvalue weighted by atomic mass is 19.4. The molecule has 0 radical (unpaired) electrons. The number of methoxy groups -OCH3 is 1. The zero-order valence-corrected chi connectivity index (χ0v) is 8.96. The molecule has 1 N–H and O–H groups in total. The summed E-state index contributed by atoms with van der Waals surface area (Å²) in [4.78, 5) is 3.17. The van der Waals surface area contributed by atoms with Crippen LogP contribution in [0.4, 0.5) is 22.0 Å². The van der Waals surface area contributed by atoms with Crippen molar-refractivity contribution < 1.29 is 36.5 Å². The Labute approximate surface area is 98.0 Å². The van der Waals surface area contributed by atoms with E-state index >= 15 is 0 Å². The molecule has 0 unspecified atom stereocenters. The molecule has 4 nitrogen and oxygen atoms in total. The number of hydrogen-bond donors (Lipinski definition) is 1. The SMILES string of the molecule is COc1cc(C(F)F)c(CO)nc1OC(F)(F)F. The average Bonchev–Trinajstić information content (AvgIpc) is 2.25. The molecule has 0 fully saturated rings. The Hall–Kier alpha value is -1.64. The summed E-state index contributed by atoms with van der Waals surface area (Å²) in [7, 11) is 0.980. The first kappa shape index (κ1) is 14.4. The number of aliphatic hydroxyl groups is 1. The molecule has 0 amide bonds. The smallest absolute Gasteiger partial charge is 0.491 e. The highest BCUT2D eigenvalue weighted by Crippen LogP contribution is 2.35. The number of aromatic nitrogens is 1. The minimum Gasteiger partial charge on any atom is -0.491 e. The summed E-state index contributed by atoms with van der Waals surface area (Å²) in [5.41, 5.74) is -1.33. The molecule has 0 saturated carbocycles. The van der Waals surface area contributed by atoms with Gasteiger partial charge in [-0.15, -0.1) is 13.2 Å². The standard InChI is InChI=1S/C9H8F5NO3/c1-17-6-2-4(7(10)11)5(3-16)15-8(6)18-9(12,13)14/h2,7,16H,3H2,1H3. The first-order valence-electron chi connectivity index (χ1n) is 4.51. The minimum absolute atomic E-state index is 0.597. The Morgan fingerprint density at radius 1 is 1.39 bits per heavy atom. The lowest BCUT2D eigenvalue weighted by Crippen LogP contribution is -2.19. The van der Waals surface area contributed by atoms with Gasteiger partial charge in [-0.1, -0.05) is 0 Å². The van der Waals surface area contributed by atoms with Crippen molar-refractivity contribution >= 4 is 0 Å². The van der Waals surface area contributed by atoms with Gasteiger partial charge < -0.3 is 14.6 Å². The number of alkyl halides is 5. The normalized spacial score (nSPS) is 11.8. The van der Waals surface area contributed by atoms with Crippen LogP contribution in [0.1, 0.15) is 17.7 Å². The summed E-state index contributed by atoms with van der Waals surface area (Å²) < 4.78 is 69.1. The van der Waals surface area contributed by atoms with Gasteiger partial charge in [-0.3, -0.25) is 0 Å². The van der Waals surface area contributed by atoms with E-state index in [-0.39, 0.29) is 0 Å². The average molecular weight is 273 g/mol. The first-order chi connectivity index (χ1) is 8.28. The van der Waals surface area contributed by atoms with E-state index in [1.54, 1.807) is 0 Å². The molecule has 102 valence electrons. The van der Waals surface area contributed by atoms with Crippen LogP contribution in [-0.4, -0.2) is 23.6 Å². The number of hydrogen-bond acceptors (Lipinski definition) is 4. The van der Waals surface area contributed by atoms with E-state index in [4.69, 9.17) is 5.11 Å². The maximum Gasteiger partial charge on any atom is 0.574 e. The summed E-state index contributed by atoms with van der Waals surface area (Å²) in [6, 6.07) is 0.643. The van der Waals surface area contributed by atoms with Crippen LogP contribution in [0.5, 0.6) is 11.6 Å². The molecule has 1 aromatic rings. The molecule has 0 bridgehead atoms. The molecule has 9 heteroatoms. The quantitative estimate of drug-likeness (QED) is 0.856. The maximum atomic E-state index is 12.5. The van der Waals surface area contributed by atoms with Crippen molar-refractivity contribution in [2.75, 3.05) is 7.11 Å². The summed E-state index contributed by atoms with van der Waals surface area (Å²) in [5.74, 6) is -1.63. The van der Waals surface area contributed by atoms with E-state index in [2.05, 4.69) is 14.5 Å². The summed E-state index contributed by atoms with van der Waals surface area (Å²) in [5, 5.41) is 8.78. The first-order valence-corrected chi connectivity index (χ1v) is 4.51. The predicted octanol–water partition coefficient (Wildman–Crippen LogP) is 2.42. The zero-order valence-electron chi connectivity index (χ0n) is 8.96. The number of nitrogens with zero attached hydrogens (tertiary/aromatic N) is 1. The summed E-state index contributed by atoms with van der Waals surface area (Å²) in [6.07, 6.45) is -8.05. The van der Waals surface area contributed by atoms with Gasteiger partial charge in [0.05, 0.1) is 19.4 Å². The second-order valence-corrected chi connectivity index (χ2v) is 3.04. The Balaban J connectivity index is 3.26. The van der Waals surface area contributed by atoms with Crippen molar-refractivity contribution in [2.24, 2.45) is 0 Å². The lowest BCUT2D eigenvalue weighted by atomic mass is 10.2. The minimum atomic E-state index is -5.04. The van der Waals surface area contributed by atoms with Gasteiger partial charge in [0.15, 0.2) is 5.75 Å². The van der Waals surface area contributed by atoms with Crippen molar-refractivity contribution in [3.63, 3.8) is 0 Å². The van der Waals surface area contributed by atoms with Crippen LogP contribution >= 0.6 is 0 Å². The third-order valence-electron chi connectivity index (χ3n) is 1.88. The molecule has 0 aromatic carbocycles. The molecule has 0 saturated heterocycles. The maximum absolute atomic E-state index is 12.5. The largest absolute Gasteiger partial charge is 0.574 e. The van der Waals surface area contributed by atoms with Crippen LogP contribution in [0, 0.1) is 0 Å². The van der Waals surface area contributed by atoms with E-state index in [1.165, 1.54) is 0 Å². The molecular weight excluding hydrogens is 265 g/mol. The molecule has 18 heavy (non-hydrogen) atoms. The molecule has 0 aliphatic carbocycles.